The number of carboxylic acids is 1. The zero-order valence-corrected chi connectivity index (χ0v) is 12.9. The zero-order chi connectivity index (χ0) is 15.1. The molecule has 2 fully saturated rings. The van der Waals surface area contributed by atoms with Gasteiger partial charge in [-0.1, -0.05) is 32.1 Å². The van der Waals surface area contributed by atoms with Crippen molar-refractivity contribution in [2.45, 2.75) is 57.8 Å². The minimum Gasteiger partial charge on any atom is -0.481 e. The Morgan fingerprint density at radius 2 is 1.71 bits per heavy atom. The van der Waals surface area contributed by atoms with Gasteiger partial charge in [0.05, 0.1) is 12.6 Å². The molecule has 1 heterocycles. The van der Waals surface area contributed by atoms with Gasteiger partial charge in [0.2, 0.25) is 5.91 Å². The van der Waals surface area contributed by atoms with E-state index in [1.165, 1.54) is 32.1 Å². The third-order valence-electron chi connectivity index (χ3n) is 4.94. The van der Waals surface area contributed by atoms with E-state index in [9.17, 15) is 9.59 Å². The summed E-state index contributed by atoms with van der Waals surface area (Å²) in [6.07, 6.45) is 9.61. The molecule has 0 unspecified atom stereocenters. The number of aliphatic carboxylic acids is 1. The second-order valence-corrected chi connectivity index (χ2v) is 6.53. The predicted molar refractivity (Wildman–Crippen MR) is 80.8 cm³/mol. The van der Waals surface area contributed by atoms with Crippen molar-refractivity contribution >= 4 is 11.9 Å². The Kier molecular flexibility index (Phi) is 6.49. The third kappa shape index (κ3) is 5.65. The molecule has 1 saturated heterocycles. The number of carbonyl (C=O) groups is 2. The van der Waals surface area contributed by atoms with Crippen LogP contribution in [0, 0.1) is 11.8 Å². The Bertz CT molecular complexity index is 345. The van der Waals surface area contributed by atoms with E-state index < -0.39 is 5.97 Å². The molecule has 0 atom stereocenters. The number of amides is 1. The van der Waals surface area contributed by atoms with Crippen LogP contribution in [0.1, 0.15) is 57.8 Å². The number of rotatable bonds is 6. The monoisotopic (exact) mass is 296 g/mol. The molecule has 2 rings (SSSR count). The van der Waals surface area contributed by atoms with Crippen LogP contribution in [-0.4, -0.2) is 41.6 Å². The van der Waals surface area contributed by atoms with Crippen LogP contribution in [0.5, 0.6) is 0 Å². The van der Waals surface area contributed by atoms with E-state index in [4.69, 9.17) is 5.11 Å². The highest BCUT2D eigenvalue weighted by Gasteiger charge is 2.24. The molecule has 1 amide bonds. The lowest BCUT2D eigenvalue weighted by atomic mass is 9.86. The molecule has 5 heteroatoms. The molecule has 0 radical (unpaired) electrons. The van der Waals surface area contributed by atoms with E-state index >= 15 is 0 Å². The summed E-state index contributed by atoms with van der Waals surface area (Å²) in [7, 11) is 0. The number of nitrogens with zero attached hydrogens (tertiary/aromatic N) is 1. The smallest absolute Gasteiger partial charge is 0.306 e. The maximum atomic E-state index is 11.9. The minimum atomic E-state index is -0.689. The molecule has 0 aromatic carbocycles. The first-order valence-electron chi connectivity index (χ1n) is 8.37. The van der Waals surface area contributed by atoms with Crippen LogP contribution < -0.4 is 5.32 Å². The molecule has 5 nitrogen and oxygen atoms in total. The van der Waals surface area contributed by atoms with Gasteiger partial charge in [0.1, 0.15) is 0 Å². The van der Waals surface area contributed by atoms with Gasteiger partial charge in [-0.2, -0.15) is 0 Å². The van der Waals surface area contributed by atoms with Crippen molar-refractivity contribution in [1.82, 2.24) is 10.2 Å². The summed E-state index contributed by atoms with van der Waals surface area (Å²) in [4.78, 5) is 24.9. The first-order chi connectivity index (χ1) is 10.1. The third-order valence-corrected chi connectivity index (χ3v) is 4.94. The van der Waals surface area contributed by atoms with Crippen molar-refractivity contribution in [1.29, 1.82) is 0 Å². The maximum absolute atomic E-state index is 11.9. The Morgan fingerprint density at radius 3 is 2.33 bits per heavy atom. The summed E-state index contributed by atoms with van der Waals surface area (Å²) in [6.45, 7) is 2.09. The summed E-state index contributed by atoms with van der Waals surface area (Å²) >= 11 is 0. The maximum Gasteiger partial charge on any atom is 0.306 e. The molecule has 0 bridgehead atoms. The van der Waals surface area contributed by atoms with Crippen LogP contribution in [0.25, 0.3) is 0 Å². The second kappa shape index (κ2) is 8.37. The number of hydrogen-bond acceptors (Lipinski definition) is 3. The number of carbonyl (C=O) groups excluding carboxylic acids is 1. The Morgan fingerprint density at radius 1 is 1.05 bits per heavy atom. The quantitative estimate of drug-likeness (QED) is 0.788. The van der Waals surface area contributed by atoms with Crippen molar-refractivity contribution in [3.63, 3.8) is 0 Å². The second-order valence-electron chi connectivity index (χ2n) is 6.53. The largest absolute Gasteiger partial charge is 0.481 e. The van der Waals surface area contributed by atoms with E-state index in [1.54, 1.807) is 0 Å². The molecule has 2 aliphatic rings. The summed E-state index contributed by atoms with van der Waals surface area (Å²) < 4.78 is 0. The Balaban J connectivity index is 1.55. The lowest BCUT2D eigenvalue weighted by Crippen LogP contribution is -2.43. The van der Waals surface area contributed by atoms with Gasteiger partial charge < -0.3 is 10.4 Å². The highest BCUT2D eigenvalue weighted by atomic mass is 16.4. The van der Waals surface area contributed by atoms with E-state index in [-0.39, 0.29) is 11.8 Å². The van der Waals surface area contributed by atoms with Crippen LogP contribution in [0.4, 0.5) is 0 Å². The van der Waals surface area contributed by atoms with Crippen LogP contribution in [0.15, 0.2) is 0 Å². The van der Waals surface area contributed by atoms with Crippen molar-refractivity contribution < 1.29 is 14.7 Å². The molecule has 120 valence electrons. The molecule has 0 aromatic rings. The van der Waals surface area contributed by atoms with Crippen molar-refractivity contribution in [2.24, 2.45) is 11.8 Å². The standard InChI is InChI=1S/C16H28N2O3/c19-15(7-6-13-4-2-1-3-5-13)17-12-18-10-8-14(9-11-18)16(20)21/h13-14H,1-12H2,(H,17,19)(H,20,21). The molecule has 1 aliphatic carbocycles. The molecule has 1 saturated carbocycles. The normalized spacial score (nSPS) is 22.1. The van der Waals surface area contributed by atoms with Gasteiger partial charge in [0, 0.05) is 19.5 Å². The molecule has 0 aromatic heterocycles. The predicted octanol–water partition coefficient (Wildman–Crippen LogP) is 2.22. The number of hydrogen-bond donors (Lipinski definition) is 2. The van der Waals surface area contributed by atoms with Gasteiger partial charge in [-0.05, 0) is 25.2 Å². The minimum absolute atomic E-state index is 0.140. The summed E-state index contributed by atoms with van der Waals surface area (Å²) in [5, 5.41) is 11.9. The van der Waals surface area contributed by atoms with Crippen LogP contribution in [-0.2, 0) is 9.59 Å². The van der Waals surface area contributed by atoms with Crippen LogP contribution in [0.2, 0.25) is 0 Å². The van der Waals surface area contributed by atoms with E-state index in [0.29, 0.717) is 25.9 Å². The van der Waals surface area contributed by atoms with Crippen LogP contribution in [0.3, 0.4) is 0 Å². The molecule has 0 spiro atoms. The van der Waals surface area contributed by atoms with Crippen molar-refractivity contribution in [2.75, 3.05) is 19.8 Å². The number of piperidine rings is 1. The molecule has 2 N–H and O–H groups in total. The Labute approximate surface area is 127 Å². The first kappa shape index (κ1) is 16.3. The molecule has 1 aliphatic heterocycles. The van der Waals surface area contributed by atoms with E-state index in [2.05, 4.69) is 10.2 Å². The summed E-state index contributed by atoms with van der Waals surface area (Å²) in [5.41, 5.74) is 0. The van der Waals surface area contributed by atoms with Gasteiger partial charge in [-0.3, -0.25) is 14.5 Å². The summed E-state index contributed by atoms with van der Waals surface area (Å²) in [6, 6.07) is 0. The van der Waals surface area contributed by atoms with Gasteiger partial charge >= 0.3 is 5.97 Å². The first-order valence-corrected chi connectivity index (χ1v) is 8.37. The molecular formula is C16H28N2O3. The number of likely N-dealkylation sites (tertiary alicyclic amines) is 1. The van der Waals surface area contributed by atoms with Crippen LogP contribution >= 0.6 is 0 Å². The molecule has 21 heavy (non-hydrogen) atoms. The Hall–Kier alpha value is -1.10. The van der Waals surface area contributed by atoms with Crippen molar-refractivity contribution in [3.05, 3.63) is 0 Å². The van der Waals surface area contributed by atoms with Gasteiger partial charge in [0.15, 0.2) is 0 Å². The van der Waals surface area contributed by atoms with E-state index in [1.807, 2.05) is 0 Å². The number of nitrogens with one attached hydrogen (secondary N) is 1. The van der Waals surface area contributed by atoms with Gasteiger partial charge in [-0.25, -0.2) is 0 Å². The molecular weight excluding hydrogens is 268 g/mol. The fourth-order valence-electron chi connectivity index (χ4n) is 3.44. The highest BCUT2D eigenvalue weighted by molar-refractivity contribution is 5.75. The summed E-state index contributed by atoms with van der Waals surface area (Å²) in [5.74, 6) is -0.00818. The van der Waals surface area contributed by atoms with Gasteiger partial charge in [-0.15, -0.1) is 0 Å². The lowest BCUT2D eigenvalue weighted by molar-refractivity contribution is -0.143. The number of carboxylic acid groups (broad SMARTS) is 1. The fourth-order valence-corrected chi connectivity index (χ4v) is 3.44. The van der Waals surface area contributed by atoms with Gasteiger partial charge in [0.25, 0.3) is 0 Å². The lowest BCUT2D eigenvalue weighted by Gasteiger charge is -2.30. The highest BCUT2D eigenvalue weighted by Crippen LogP contribution is 2.27. The topological polar surface area (TPSA) is 69.6 Å². The average molecular weight is 296 g/mol. The zero-order valence-electron chi connectivity index (χ0n) is 12.9. The van der Waals surface area contributed by atoms with Crippen molar-refractivity contribution in [3.8, 4) is 0 Å². The van der Waals surface area contributed by atoms with E-state index in [0.717, 1.165) is 25.4 Å². The fraction of sp³-hybridized carbons (Fsp3) is 0.875. The average Bonchev–Trinajstić information content (AvgIpc) is 2.52. The SMILES string of the molecule is O=C(CCC1CCCCC1)NCN1CCC(C(=O)O)CC1.